The van der Waals surface area contributed by atoms with Gasteiger partial charge in [0.1, 0.15) is 5.82 Å². The largest absolute Gasteiger partial charge is 0.352 e. The molecule has 0 saturated heterocycles. The molecule has 1 aliphatic heterocycles. The Morgan fingerprint density at radius 2 is 1.95 bits per heavy atom. The molecule has 0 bridgehead atoms. The highest BCUT2D eigenvalue weighted by Crippen LogP contribution is 2.23. The van der Waals surface area contributed by atoms with Gasteiger partial charge in [-0.2, -0.15) is 0 Å². The van der Waals surface area contributed by atoms with Crippen LogP contribution in [0.3, 0.4) is 0 Å². The number of anilines is 1. The number of aromatic nitrogens is 1. The maximum absolute atomic E-state index is 4.77. The third-order valence-corrected chi connectivity index (χ3v) is 3.80. The second-order valence-electron chi connectivity index (χ2n) is 5.21. The summed E-state index contributed by atoms with van der Waals surface area (Å²) in [5, 5.41) is 3.33. The lowest BCUT2D eigenvalue weighted by Gasteiger charge is -2.30. The molecule has 0 spiro atoms. The second kappa shape index (κ2) is 6.06. The third-order valence-electron chi connectivity index (χ3n) is 3.80. The van der Waals surface area contributed by atoms with E-state index in [1.54, 1.807) is 0 Å². The Morgan fingerprint density at radius 1 is 1.10 bits per heavy atom. The summed E-state index contributed by atoms with van der Waals surface area (Å²) < 4.78 is 0. The molecule has 2 aromatic rings. The van der Waals surface area contributed by atoms with Crippen molar-refractivity contribution in [3.05, 3.63) is 59.3 Å². The lowest BCUT2D eigenvalue weighted by Crippen LogP contribution is -2.31. The Balaban J connectivity index is 1.77. The number of fused-ring (bicyclic) bond motifs is 1. The van der Waals surface area contributed by atoms with Crippen molar-refractivity contribution in [3.63, 3.8) is 0 Å². The smallest absolute Gasteiger partial charge is 0.129 e. The van der Waals surface area contributed by atoms with Gasteiger partial charge < -0.3 is 10.2 Å². The number of nitrogens with one attached hydrogen (secondary N) is 1. The summed E-state index contributed by atoms with van der Waals surface area (Å²) in [5.74, 6) is 1.09. The molecular formula is C17H21N3. The average molecular weight is 267 g/mol. The van der Waals surface area contributed by atoms with Gasteiger partial charge in [-0.15, -0.1) is 0 Å². The number of benzene rings is 1. The lowest BCUT2D eigenvalue weighted by molar-refractivity contribution is 0.693. The molecule has 1 aromatic carbocycles. The van der Waals surface area contributed by atoms with Gasteiger partial charge in [-0.05, 0) is 36.2 Å². The second-order valence-corrected chi connectivity index (χ2v) is 5.21. The number of hydrogen-bond donors (Lipinski definition) is 1. The first-order valence-electron chi connectivity index (χ1n) is 7.35. The first-order chi connectivity index (χ1) is 9.86. The Hall–Kier alpha value is -1.87. The summed E-state index contributed by atoms with van der Waals surface area (Å²) in [6.45, 7) is 5.95. The first-order valence-corrected chi connectivity index (χ1v) is 7.35. The Kier molecular flexibility index (Phi) is 3.97. The van der Waals surface area contributed by atoms with Crippen molar-refractivity contribution in [3.8, 4) is 0 Å². The molecule has 0 amide bonds. The molecule has 0 atom stereocenters. The Labute approximate surface area is 120 Å². The molecule has 1 aromatic heterocycles. The van der Waals surface area contributed by atoms with Crippen LogP contribution < -0.4 is 10.2 Å². The van der Waals surface area contributed by atoms with Crippen molar-refractivity contribution in [2.24, 2.45) is 0 Å². The molecule has 0 unspecified atom stereocenters. The molecule has 1 aliphatic rings. The normalized spacial score (nSPS) is 14.2. The highest BCUT2D eigenvalue weighted by atomic mass is 15.2. The fourth-order valence-electron chi connectivity index (χ4n) is 2.69. The van der Waals surface area contributed by atoms with E-state index in [2.05, 4.69) is 59.6 Å². The van der Waals surface area contributed by atoms with Gasteiger partial charge in [-0.3, -0.25) is 0 Å². The van der Waals surface area contributed by atoms with Crippen molar-refractivity contribution in [1.82, 2.24) is 10.3 Å². The number of pyridine rings is 1. The SMILES string of the molecule is CCNCc1cccc(N2CCc3ccccc3C2)n1. The van der Waals surface area contributed by atoms with Crippen LogP contribution in [0, 0.1) is 0 Å². The van der Waals surface area contributed by atoms with E-state index in [1.165, 1.54) is 11.1 Å². The van der Waals surface area contributed by atoms with Gasteiger partial charge >= 0.3 is 0 Å². The van der Waals surface area contributed by atoms with E-state index in [0.29, 0.717) is 0 Å². The highest BCUT2D eigenvalue weighted by Gasteiger charge is 2.16. The fraction of sp³-hybridized carbons (Fsp3) is 0.353. The van der Waals surface area contributed by atoms with Crippen molar-refractivity contribution < 1.29 is 0 Å². The predicted octanol–water partition coefficient (Wildman–Crippen LogP) is 2.75. The third kappa shape index (κ3) is 2.83. The maximum atomic E-state index is 4.77. The molecule has 3 heteroatoms. The fourth-order valence-corrected chi connectivity index (χ4v) is 2.69. The van der Waals surface area contributed by atoms with Gasteiger partial charge in [0, 0.05) is 19.6 Å². The molecule has 0 radical (unpaired) electrons. The summed E-state index contributed by atoms with van der Waals surface area (Å²) in [6.07, 6.45) is 1.11. The van der Waals surface area contributed by atoms with E-state index >= 15 is 0 Å². The van der Waals surface area contributed by atoms with Gasteiger partial charge in [0.2, 0.25) is 0 Å². The number of nitrogens with zero attached hydrogens (tertiary/aromatic N) is 2. The molecule has 3 rings (SSSR count). The van der Waals surface area contributed by atoms with Crippen LogP contribution in [0.1, 0.15) is 23.7 Å². The maximum Gasteiger partial charge on any atom is 0.129 e. The van der Waals surface area contributed by atoms with Crippen molar-refractivity contribution in [1.29, 1.82) is 0 Å². The summed E-state index contributed by atoms with van der Waals surface area (Å²) >= 11 is 0. The molecule has 2 heterocycles. The van der Waals surface area contributed by atoms with Crippen LogP contribution in [0.4, 0.5) is 5.82 Å². The number of rotatable bonds is 4. The molecule has 0 saturated carbocycles. The summed E-state index contributed by atoms with van der Waals surface area (Å²) in [6, 6.07) is 15.0. The molecule has 0 aliphatic carbocycles. The zero-order chi connectivity index (χ0) is 13.8. The van der Waals surface area contributed by atoms with Crippen LogP contribution >= 0.6 is 0 Å². The van der Waals surface area contributed by atoms with Gasteiger partial charge in [-0.1, -0.05) is 37.3 Å². The van der Waals surface area contributed by atoms with Gasteiger partial charge in [0.25, 0.3) is 0 Å². The van der Waals surface area contributed by atoms with Crippen LogP contribution in [-0.4, -0.2) is 18.1 Å². The van der Waals surface area contributed by atoms with Crippen LogP contribution in [-0.2, 0) is 19.5 Å². The summed E-state index contributed by atoms with van der Waals surface area (Å²) in [4.78, 5) is 7.14. The monoisotopic (exact) mass is 267 g/mol. The highest BCUT2D eigenvalue weighted by molar-refractivity contribution is 5.44. The van der Waals surface area contributed by atoms with Crippen molar-refractivity contribution >= 4 is 5.82 Å². The number of hydrogen-bond acceptors (Lipinski definition) is 3. The van der Waals surface area contributed by atoms with E-state index in [4.69, 9.17) is 4.98 Å². The molecule has 0 fully saturated rings. The quantitative estimate of drug-likeness (QED) is 0.923. The van der Waals surface area contributed by atoms with Crippen LogP contribution in [0.5, 0.6) is 0 Å². The van der Waals surface area contributed by atoms with E-state index in [9.17, 15) is 0 Å². The predicted molar refractivity (Wildman–Crippen MR) is 82.8 cm³/mol. The minimum Gasteiger partial charge on any atom is -0.352 e. The Morgan fingerprint density at radius 3 is 2.80 bits per heavy atom. The van der Waals surface area contributed by atoms with Gasteiger partial charge in [0.15, 0.2) is 0 Å². The molecular weight excluding hydrogens is 246 g/mol. The standard InChI is InChI=1S/C17H21N3/c1-2-18-12-16-8-5-9-17(19-16)20-11-10-14-6-3-4-7-15(14)13-20/h3-9,18H,2,10-13H2,1H3. The summed E-state index contributed by atoms with van der Waals surface area (Å²) in [7, 11) is 0. The lowest BCUT2D eigenvalue weighted by atomic mass is 10.00. The average Bonchev–Trinajstić information content (AvgIpc) is 2.53. The molecule has 20 heavy (non-hydrogen) atoms. The van der Waals surface area contributed by atoms with Gasteiger partial charge in [-0.25, -0.2) is 4.98 Å². The van der Waals surface area contributed by atoms with Crippen LogP contribution in [0.25, 0.3) is 0 Å². The first kappa shape index (κ1) is 13.1. The molecule has 104 valence electrons. The van der Waals surface area contributed by atoms with E-state index in [-0.39, 0.29) is 0 Å². The topological polar surface area (TPSA) is 28.2 Å². The Bertz CT molecular complexity index is 580. The van der Waals surface area contributed by atoms with E-state index in [0.717, 1.165) is 44.1 Å². The zero-order valence-electron chi connectivity index (χ0n) is 12.0. The minimum absolute atomic E-state index is 0.842. The molecule has 1 N–H and O–H groups in total. The van der Waals surface area contributed by atoms with Crippen LogP contribution in [0.15, 0.2) is 42.5 Å². The zero-order valence-corrected chi connectivity index (χ0v) is 12.0. The summed E-state index contributed by atoms with van der Waals surface area (Å²) in [5.41, 5.74) is 4.02. The van der Waals surface area contributed by atoms with Crippen LogP contribution in [0.2, 0.25) is 0 Å². The van der Waals surface area contributed by atoms with E-state index in [1.807, 2.05) is 0 Å². The van der Waals surface area contributed by atoms with E-state index < -0.39 is 0 Å². The van der Waals surface area contributed by atoms with Crippen molar-refractivity contribution in [2.75, 3.05) is 18.0 Å². The minimum atomic E-state index is 0.842. The van der Waals surface area contributed by atoms with Crippen molar-refractivity contribution in [2.45, 2.75) is 26.4 Å². The van der Waals surface area contributed by atoms with Gasteiger partial charge in [0.05, 0.1) is 5.69 Å². The molecule has 3 nitrogen and oxygen atoms in total.